The Bertz CT molecular complexity index is 667. The fourth-order valence-corrected chi connectivity index (χ4v) is 2.73. The number of anilines is 2. The van der Waals surface area contributed by atoms with Crippen molar-refractivity contribution in [2.24, 2.45) is 0 Å². The van der Waals surface area contributed by atoms with Gasteiger partial charge < -0.3 is 15.0 Å². The largest absolute Gasteiger partial charge is 0.494 e. The number of ether oxygens (including phenoxy) is 1. The number of para-hydroxylation sites is 1. The van der Waals surface area contributed by atoms with Crippen LogP contribution in [-0.2, 0) is 4.79 Å². The number of nitrogens with one attached hydrogen (secondary N) is 1. The first-order valence-corrected chi connectivity index (χ1v) is 8.97. The van der Waals surface area contributed by atoms with Crippen molar-refractivity contribution in [3.63, 3.8) is 0 Å². The Kier molecular flexibility index (Phi) is 7.33. The molecule has 0 saturated heterocycles. The Morgan fingerprint density at radius 2 is 1.80 bits per heavy atom. The second kappa shape index (κ2) is 9.72. The molecule has 4 heteroatoms. The lowest BCUT2D eigenvalue weighted by atomic mass is 10.1. The molecule has 0 heterocycles. The maximum atomic E-state index is 12.1. The molecule has 4 nitrogen and oxygen atoms in total. The molecule has 0 spiro atoms. The molecule has 0 atom stereocenters. The third kappa shape index (κ3) is 5.82. The minimum absolute atomic E-state index is 0.0235. The van der Waals surface area contributed by atoms with Gasteiger partial charge in [0.2, 0.25) is 5.91 Å². The lowest BCUT2D eigenvalue weighted by Crippen LogP contribution is -2.22. The standard InChI is InChI=1S/C21H28N2O2/c1-4-23(5-2)18-13-14-20(17(3)16-18)22-21(24)12-9-15-25-19-10-7-6-8-11-19/h6-8,10-11,13-14,16H,4-5,9,12,15H2,1-3H3,(H,22,24). The van der Waals surface area contributed by atoms with Crippen LogP contribution >= 0.6 is 0 Å². The Labute approximate surface area is 150 Å². The van der Waals surface area contributed by atoms with Crippen LogP contribution in [0.4, 0.5) is 11.4 Å². The maximum absolute atomic E-state index is 12.1. The van der Waals surface area contributed by atoms with Gasteiger partial charge in [-0.05, 0) is 63.1 Å². The number of aryl methyl sites for hydroxylation is 1. The molecule has 25 heavy (non-hydrogen) atoms. The van der Waals surface area contributed by atoms with E-state index >= 15 is 0 Å². The molecule has 0 aliphatic heterocycles. The quantitative estimate of drug-likeness (QED) is 0.676. The summed E-state index contributed by atoms with van der Waals surface area (Å²) in [6.45, 7) is 8.81. The van der Waals surface area contributed by atoms with Crippen LogP contribution in [0.3, 0.4) is 0 Å². The monoisotopic (exact) mass is 340 g/mol. The van der Waals surface area contributed by atoms with Crippen LogP contribution in [-0.4, -0.2) is 25.6 Å². The van der Waals surface area contributed by atoms with Gasteiger partial charge in [0, 0.05) is 30.9 Å². The normalized spacial score (nSPS) is 10.4. The van der Waals surface area contributed by atoms with E-state index in [1.165, 1.54) is 5.69 Å². The highest BCUT2D eigenvalue weighted by Crippen LogP contribution is 2.23. The molecule has 134 valence electrons. The predicted octanol–water partition coefficient (Wildman–Crippen LogP) is 4.64. The van der Waals surface area contributed by atoms with Crippen LogP contribution in [0.25, 0.3) is 0 Å². The summed E-state index contributed by atoms with van der Waals surface area (Å²) < 4.78 is 5.61. The lowest BCUT2D eigenvalue weighted by Gasteiger charge is -2.22. The highest BCUT2D eigenvalue weighted by molar-refractivity contribution is 5.91. The number of hydrogen-bond donors (Lipinski definition) is 1. The van der Waals surface area contributed by atoms with Gasteiger partial charge in [-0.1, -0.05) is 18.2 Å². The summed E-state index contributed by atoms with van der Waals surface area (Å²) in [7, 11) is 0. The molecule has 1 N–H and O–H groups in total. The Morgan fingerprint density at radius 3 is 2.44 bits per heavy atom. The second-order valence-corrected chi connectivity index (χ2v) is 5.98. The van der Waals surface area contributed by atoms with Crippen molar-refractivity contribution < 1.29 is 9.53 Å². The van der Waals surface area contributed by atoms with Crippen molar-refractivity contribution in [3.05, 3.63) is 54.1 Å². The van der Waals surface area contributed by atoms with Gasteiger partial charge in [-0.25, -0.2) is 0 Å². The Hall–Kier alpha value is -2.49. The molecule has 0 aliphatic rings. The zero-order valence-corrected chi connectivity index (χ0v) is 15.4. The second-order valence-electron chi connectivity index (χ2n) is 5.98. The van der Waals surface area contributed by atoms with E-state index in [0.29, 0.717) is 19.4 Å². The number of carbonyl (C=O) groups excluding carboxylic acids is 1. The van der Waals surface area contributed by atoms with Crippen LogP contribution in [0.1, 0.15) is 32.3 Å². The zero-order valence-electron chi connectivity index (χ0n) is 15.4. The lowest BCUT2D eigenvalue weighted by molar-refractivity contribution is -0.116. The van der Waals surface area contributed by atoms with Crippen molar-refractivity contribution in [2.45, 2.75) is 33.6 Å². The van der Waals surface area contributed by atoms with Gasteiger partial charge in [-0.3, -0.25) is 4.79 Å². The number of amides is 1. The van der Waals surface area contributed by atoms with Crippen LogP contribution in [0.5, 0.6) is 5.75 Å². The summed E-state index contributed by atoms with van der Waals surface area (Å²) in [5.41, 5.74) is 3.15. The summed E-state index contributed by atoms with van der Waals surface area (Å²) in [6, 6.07) is 15.8. The topological polar surface area (TPSA) is 41.6 Å². The molecule has 2 aromatic rings. The third-order valence-corrected chi connectivity index (χ3v) is 4.17. The highest BCUT2D eigenvalue weighted by Gasteiger charge is 2.08. The molecular formula is C21H28N2O2. The first-order valence-electron chi connectivity index (χ1n) is 8.97. The first kappa shape index (κ1) is 18.8. The zero-order chi connectivity index (χ0) is 18.1. The van der Waals surface area contributed by atoms with Gasteiger partial charge >= 0.3 is 0 Å². The summed E-state index contributed by atoms with van der Waals surface area (Å²) in [5.74, 6) is 0.862. The van der Waals surface area contributed by atoms with E-state index in [9.17, 15) is 4.79 Å². The molecule has 0 aromatic heterocycles. The molecule has 0 saturated carbocycles. The van der Waals surface area contributed by atoms with E-state index < -0.39 is 0 Å². The van der Waals surface area contributed by atoms with E-state index in [-0.39, 0.29) is 5.91 Å². The molecule has 1 amide bonds. The predicted molar refractivity (Wildman–Crippen MR) is 105 cm³/mol. The smallest absolute Gasteiger partial charge is 0.224 e. The van der Waals surface area contributed by atoms with Crippen LogP contribution in [0, 0.1) is 6.92 Å². The summed E-state index contributed by atoms with van der Waals surface area (Å²) >= 11 is 0. The molecule has 2 aromatic carbocycles. The number of hydrogen-bond acceptors (Lipinski definition) is 3. The number of nitrogens with zero attached hydrogens (tertiary/aromatic N) is 1. The summed E-state index contributed by atoms with van der Waals surface area (Å²) in [5, 5.41) is 3.00. The molecule has 2 rings (SSSR count). The first-order chi connectivity index (χ1) is 12.1. The maximum Gasteiger partial charge on any atom is 0.224 e. The molecule has 0 unspecified atom stereocenters. The average Bonchev–Trinajstić information content (AvgIpc) is 2.63. The van der Waals surface area contributed by atoms with Crippen molar-refractivity contribution in [1.82, 2.24) is 0 Å². The number of rotatable bonds is 9. The van der Waals surface area contributed by atoms with Crippen molar-refractivity contribution in [2.75, 3.05) is 29.9 Å². The van der Waals surface area contributed by atoms with Gasteiger partial charge in [0.05, 0.1) is 6.61 Å². The average molecular weight is 340 g/mol. The van der Waals surface area contributed by atoms with Crippen LogP contribution < -0.4 is 15.0 Å². The third-order valence-electron chi connectivity index (χ3n) is 4.17. The van der Waals surface area contributed by atoms with E-state index in [4.69, 9.17) is 4.74 Å². The fraction of sp³-hybridized carbons (Fsp3) is 0.381. The fourth-order valence-electron chi connectivity index (χ4n) is 2.73. The van der Waals surface area contributed by atoms with Gasteiger partial charge in [0.25, 0.3) is 0 Å². The minimum atomic E-state index is 0.0235. The molecule has 0 radical (unpaired) electrons. The Morgan fingerprint density at radius 1 is 1.08 bits per heavy atom. The van der Waals surface area contributed by atoms with E-state index in [0.717, 1.165) is 30.1 Å². The van der Waals surface area contributed by atoms with Crippen LogP contribution in [0.2, 0.25) is 0 Å². The van der Waals surface area contributed by atoms with Gasteiger partial charge in [0.15, 0.2) is 0 Å². The number of carbonyl (C=O) groups is 1. The van der Waals surface area contributed by atoms with E-state index in [1.807, 2.05) is 43.3 Å². The molecular weight excluding hydrogens is 312 g/mol. The summed E-state index contributed by atoms with van der Waals surface area (Å²) in [4.78, 5) is 14.4. The molecule has 0 fully saturated rings. The van der Waals surface area contributed by atoms with Gasteiger partial charge in [0.1, 0.15) is 5.75 Å². The van der Waals surface area contributed by atoms with Crippen molar-refractivity contribution >= 4 is 17.3 Å². The van der Waals surface area contributed by atoms with Crippen molar-refractivity contribution in [1.29, 1.82) is 0 Å². The van der Waals surface area contributed by atoms with E-state index in [2.05, 4.69) is 36.2 Å². The minimum Gasteiger partial charge on any atom is -0.494 e. The SMILES string of the molecule is CCN(CC)c1ccc(NC(=O)CCCOc2ccccc2)c(C)c1. The van der Waals surface area contributed by atoms with Crippen LogP contribution in [0.15, 0.2) is 48.5 Å². The highest BCUT2D eigenvalue weighted by atomic mass is 16.5. The van der Waals surface area contributed by atoms with Gasteiger partial charge in [-0.15, -0.1) is 0 Å². The number of benzene rings is 2. The van der Waals surface area contributed by atoms with E-state index in [1.54, 1.807) is 0 Å². The molecule has 0 bridgehead atoms. The summed E-state index contributed by atoms with van der Waals surface area (Å²) in [6.07, 6.45) is 1.14. The molecule has 0 aliphatic carbocycles. The van der Waals surface area contributed by atoms with Gasteiger partial charge in [-0.2, -0.15) is 0 Å². The Balaban J connectivity index is 1.80. The van der Waals surface area contributed by atoms with Crippen molar-refractivity contribution in [3.8, 4) is 5.75 Å².